The SMILES string of the molecule is NOC1CCCN(Cc2ccc([N+](=O)[O-])cc2)C1. The number of non-ortho nitro benzene ring substituents is 1. The fourth-order valence-corrected chi connectivity index (χ4v) is 2.25. The summed E-state index contributed by atoms with van der Waals surface area (Å²) in [5.74, 6) is 5.21. The number of nitro groups is 1. The molecule has 0 aliphatic carbocycles. The second kappa shape index (κ2) is 5.90. The Balaban J connectivity index is 1.94. The molecule has 6 nitrogen and oxygen atoms in total. The van der Waals surface area contributed by atoms with Gasteiger partial charge in [0.15, 0.2) is 0 Å². The van der Waals surface area contributed by atoms with E-state index in [1.54, 1.807) is 12.1 Å². The molecule has 2 rings (SSSR count). The molecule has 6 heteroatoms. The van der Waals surface area contributed by atoms with E-state index in [4.69, 9.17) is 10.7 Å². The fraction of sp³-hybridized carbons (Fsp3) is 0.500. The molecular formula is C12H17N3O3. The largest absolute Gasteiger partial charge is 0.300 e. The van der Waals surface area contributed by atoms with Crippen molar-refractivity contribution < 1.29 is 9.76 Å². The summed E-state index contributed by atoms with van der Waals surface area (Å²) < 4.78 is 0. The Bertz CT molecular complexity index is 408. The summed E-state index contributed by atoms with van der Waals surface area (Å²) in [4.78, 5) is 17.3. The van der Waals surface area contributed by atoms with Crippen molar-refractivity contribution in [1.29, 1.82) is 0 Å². The highest BCUT2D eigenvalue weighted by atomic mass is 16.6. The highest BCUT2D eigenvalue weighted by molar-refractivity contribution is 5.32. The number of piperidine rings is 1. The van der Waals surface area contributed by atoms with E-state index in [-0.39, 0.29) is 16.7 Å². The van der Waals surface area contributed by atoms with Gasteiger partial charge in [-0.3, -0.25) is 19.9 Å². The first-order valence-electron chi connectivity index (χ1n) is 6.00. The maximum Gasteiger partial charge on any atom is 0.269 e. The van der Waals surface area contributed by atoms with Crippen molar-refractivity contribution in [2.75, 3.05) is 13.1 Å². The van der Waals surface area contributed by atoms with E-state index in [1.807, 2.05) is 0 Å². The van der Waals surface area contributed by atoms with Gasteiger partial charge in [0.1, 0.15) is 0 Å². The molecule has 0 amide bonds. The van der Waals surface area contributed by atoms with Crippen LogP contribution in [0, 0.1) is 10.1 Å². The van der Waals surface area contributed by atoms with E-state index in [9.17, 15) is 10.1 Å². The minimum atomic E-state index is -0.386. The van der Waals surface area contributed by atoms with Gasteiger partial charge in [0.25, 0.3) is 5.69 Å². The van der Waals surface area contributed by atoms with E-state index < -0.39 is 0 Å². The molecule has 2 N–H and O–H groups in total. The van der Waals surface area contributed by atoms with Crippen LogP contribution in [0.4, 0.5) is 5.69 Å². The van der Waals surface area contributed by atoms with Crippen LogP contribution in [0.5, 0.6) is 0 Å². The Hall–Kier alpha value is -1.50. The highest BCUT2D eigenvalue weighted by Gasteiger charge is 2.20. The predicted molar refractivity (Wildman–Crippen MR) is 66.7 cm³/mol. The van der Waals surface area contributed by atoms with Crippen LogP contribution in [0.1, 0.15) is 18.4 Å². The quantitative estimate of drug-likeness (QED) is 0.647. The Morgan fingerprint density at radius 1 is 1.44 bits per heavy atom. The number of nitrogens with two attached hydrogens (primary N) is 1. The van der Waals surface area contributed by atoms with Crippen LogP contribution in [0.3, 0.4) is 0 Å². The van der Waals surface area contributed by atoms with Crippen molar-refractivity contribution in [3.05, 3.63) is 39.9 Å². The lowest BCUT2D eigenvalue weighted by Gasteiger charge is -2.31. The maximum absolute atomic E-state index is 10.5. The van der Waals surface area contributed by atoms with Crippen LogP contribution in [-0.4, -0.2) is 29.0 Å². The lowest BCUT2D eigenvalue weighted by molar-refractivity contribution is -0.384. The molecule has 1 aromatic rings. The van der Waals surface area contributed by atoms with E-state index in [0.29, 0.717) is 0 Å². The summed E-state index contributed by atoms with van der Waals surface area (Å²) in [6.45, 7) is 2.60. The third-order valence-electron chi connectivity index (χ3n) is 3.21. The Morgan fingerprint density at radius 3 is 2.78 bits per heavy atom. The van der Waals surface area contributed by atoms with Crippen LogP contribution < -0.4 is 5.90 Å². The number of benzene rings is 1. The van der Waals surface area contributed by atoms with Crippen molar-refractivity contribution in [3.8, 4) is 0 Å². The monoisotopic (exact) mass is 251 g/mol. The smallest absolute Gasteiger partial charge is 0.269 e. The van der Waals surface area contributed by atoms with Gasteiger partial charge in [0, 0.05) is 25.2 Å². The van der Waals surface area contributed by atoms with Crippen LogP contribution in [0.2, 0.25) is 0 Å². The van der Waals surface area contributed by atoms with Crippen LogP contribution in [0.25, 0.3) is 0 Å². The van der Waals surface area contributed by atoms with Crippen molar-refractivity contribution in [2.45, 2.75) is 25.5 Å². The molecule has 0 bridgehead atoms. The molecule has 0 radical (unpaired) electrons. The number of likely N-dealkylation sites (tertiary alicyclic amines) is 1. The molecule has 1 atom stereocenters. The van der Waals surface area contributed by atoms with E-state index >= 15 is 0 Å². The fourth-order valence-electron chi connectivity index (χ4n) is 2.25. The molecular weight excluding hydrogens is 234 g/mol. The van der Waals surface area contributed by atoms with Crippen LogP contribution in [-0.2, 0) is 11.4 Å². The normalized spacial score (nSPS) is 20.8. The first-order chi connectivity index (χ1) is 8.69. The zero-order chi connectivity index (χ0) is 13.0. The zero-order valence-electron chi connectivity index (χ0n) is 10.1. The van der Waals surface area contributed by atoms with Gasteiger partial charge in [-0.25, -0.2) is 5.90 Å². The lowest BCUT2D eigenvalue weighted by atomic mass is 10.1. The molecule has 1 aliphatic heterocycles. The van der Waals surface area contributed by atoms with Crippen molar-refractivity contribution >= 4 is 5.69 Å². The molecule has 1 unspecified atom stereocenters. The number of rotatable bonds is 4. The van der Waals surface area contributed by atoms with Gasteiger partial charge in [0.2, 0.25) is 0 Å². The summed E-state index contributed by atoms with van der Waals surface area (Å²) in [5.41, 5.74) is 1.19. The van der Waals surface area contributed by atoms with Gasteiger partial charge in [-0.2, -0.15) is 0 Å². The maximum atomic E-state index is 10.5. The van der Waals surface area contributed by atoms with Gasteiger partial charge < -0.3 is 0 Å². The molecule has 98 valence electrons. The zero-order valence-corrected chi connectivity index (χ0v) is 10.1. The lowest BCUT2D eigenvalue weighted by Crippen LogP contribution is -2.40. The van der Waals surface area contributed by atoms with Gasteiger partial charge in [-0.15, -0.1) is 0 Å². The average molecular weight is 251 g/mol. The second-order valence-corrected chi connectivity index (χ2v) is 4.56. The molecule has 1 saturated heterocycles. The summed E-state index contributed by atoms with van der Waals surface area (Å²) in [6, 6.07) is 6.67. The standard InChI is InChI=1S/C12H17N3O3/c13-18-12-2-1-7-14(9-12)8-10-3-5-11(6-4-10)15(16)17/h3-6,12H,1-2,7-9,13H2. The Morgan fingerprint density at radius 2 is 2.17 bits per heavy atom. The minimum absolute atomic E-state index is 0.0943. The third-order valence-corrected chi connectivity index (χ3v) is 3.21. The number of nitro benzene ring substituents is 1. The first-order valence-corrected chi connectivity index (χ1v) is 6.00. The topological polar surface area (TPSA) is 81.6 Å². The van der Waals surface area contributed by atoms with E-state index in [1.165, 1.54) is 12.1 Å². The summed E-state index contributed by atoms with van der Waals surface area (Å²) in [7, 11) is 0. The highest BCUT2D eigenvalue weighted by Crippen LogP contribution is 2.17. The summed E-state index contributed by atoms with van der Waals surface area (Å²) in [6.07, 6.45) is 2.15. The number of hydrogen-bond acceptors (Lipinski definition) is 5. The van der Waals surface area contributed by atoms with Gasteiger partial charge in [0.05, 0.1) is 11.0 Å². The predicted octanol–water partition coefficient (Wildman–Crippen LogP) is 1.45. The summed E-state index contributed by atoms with van der Waals surface area (Å²) in [5, 5.41) is 10.5. The van der Waals surface area contributed by atoms with E-state index in [0.717, 1.165) is 38.0 Å². The molecule has 1 heterocycles. The van der Waals surface area contributed by atoms with Gasteiger partial charge in [-0.1, -0.05) is 12.1 Å². The van der Waals surface area contributed by atoms with Crippen molar-refractivity contribution in [3.63, 3.8) is 0 Å². The molecule has 1 fully saturated rings. The molecule has 1 aromatic carbocycles. The average Bonchev–Trinajstić information content (AvgIpc) is 2.39. The van der Waals surface area contributed by atoms with Crippen LogP contribution >= 0.6 is 0 Å². The number of hydrogen-bond donors (Lipinski definition) is 1. The molecule has 18 heavy (non-hydrogen) atoms. The first kappa shape index (κ1) is 12.9. The van der Waals surface area contributed by atoms with Crippen molar-refractivity contribution in [1.82, 2.24) is 4.90 Å². The summed E-state index contributed by atoms with van der Waals surface area (Å²) >= 11 is 0. The molecule has 0 spiro atoms. The van der Waals surface area contributed by atoms with Crippen molar-refractivity contribution in [2.24, 2.45) is 5.90 Å². The van der Waals surface area contributed by atoms with Crippen LogP contribution in [0.15, 0.2) is 24.3 Å². The second-order valence-electron chi connectivity index (χ2n) is 4.56. The molecule has 0 aromatic heterocycles. The van der Waals surface area contributed by atoms with E-state index in [2.05, 4.69) is 4.90 Å². The Kier molecular flexibility index (Phi) is 4.24. The van der Waals surface area contributed by atoms with Gasteiger partial charge in [-0.05, 0) is 24.9 Å². The molecule has 0 saturated carbocycles. The molecule has 1 aliphatic rings. The Labute approximate surface area is 105 Å². The van der Waals surface area contributed by atoms with Gasteiger partial charge >= 0.3 is 0 Å². The number of nitrogens with zero attached hydrogens (tertiary/aromatic N) is 2. The minimum Gasteiger partial charge on any atom is -0.300 e. The third kappa shape index (κ3) is 3.25.